The number of hydrogen-bond donors (Lipinski definition) is 2. The van der Waals surface area contributed by atoms with Crippen molar-refractivity contribution in [1.29, 1.82) is 0 Å². The Hall–Kier alpha value is -3.19. The number of carboxylic acid groups (broad SMARTS) is 1. The molecule has 32 heavy (non-hydrogen) atoms. The van der Waals surface area contributed by atoms with Gasteiger partial charge in [-0.25, -0.2) is 9.37 Å². The van der Waals surface area contributed by atoms with Crippen LogP contribution in [-0.2, 0) is 11.2 Å². The SMILES string of the molecule is O=C(NCCc1ccccc1F)c1c(Cl)ccc2nc(N3CCC(C(=O)O)CC3)ccc12. The summed E-state index contributed by atoms with van der Waals surface area (Å²) in [6.07, 6.45) is 1.52. The monoisotopic (exact) mass is 455 g/mol. The van der Waals surface area contributed by atoms with Crippen LogP contribution in [0.2, 0.25) is 5.02 Å². The van der Waals surface area contributed by atoms with Crippen LogP contribution in [-0.4, -0.2) is 41.6 Å². The molecule has 4 rings (SSSR count). The Balaban J connectivity index is 1.49. The number of aromatic nitrogens is 1. The molecule has 3 aromatic rings. The van der Waals surface area contributed by atoms with Crippen molar-refractivity contribution in [3.8, 4) is 0 Å². The number of fused-ring (bicyclic) bond motifs is 1. The lowest BCUT2D eigenvalue weighted by molar-refractivity contribution is -0.142. The third-order valence-electron chi connectivity index (χ3n) is 5.84. The summed E-state index contributed by atoms with van der Waals surface area (Å²) in [4.78, 5) is 30.8. The second-order valence-corrected chi connectivity index (χ2v) is 8.26. The van der Waals surface area contributed by atoms with E-state index in [1.165, 1.54) is 6.07 Å². The summed E-state index contributed by atoms with van der Waals surface area (Å²) in [5, 5.41) is 12.9. The van der Waals surface area contributed by atoms with Gasteiger partial charge in [-0.15, -0.1) is 0 Å². The number of rotatable bonds is 6. The Kier molecular flexibility index (Phi) is 6.55. The molecule has 1 aliphatic rings. The highest BCUT2D eigenvalue weighted by Crippen LogP contribution is 2.29. The van der Waals surface area contributed by atoms with Crippen LogP contribution in [0, 0.1) is 11.7 Å². The van der Waals surface area contributed by atoms with Crippen molar-refractivity contribution in [3.05, 3.63) is 70.5 Å². The van der Waals surface area contributed by atoms with Crippen LogP contribution in [0.3, 0.4) is 0 Å². The van der Waals surface area contributed by atoms with Gasteiger partial charge in [0, 0.05) is 25.0 Å². The minimum atomic E-state index is -0.753. The van der Waals surface area contributed by atoms with Crippen LogP contribution in [0.1, 0.15) is 28.8 Å². The lowest BCUT2D eigenvalue weighted by atomic mass is 9.97. The maximum atomic E-state index is 13.8. The van der Waals surface area contributed by atoms with Gasteiger partial charge in [-0.3, -0.25) is 9.59 Å². The lowest BCUT2D eigenvalue weighted by Gasteiger charge is -2.31. The second-order valence-electron chi connectivity index (χ2n) is 7.86. The number of piperidine rings is 1. The molecule has 0 radical (unpaired) electrons. The van der Waals surface area contributed by atoms with E-state index in [-0.39, 0.29) is 24.2 Å². The lowest BCUT2D eigenvalue weighted by Crippen LogP contribution is -2.36. The Bertz CT molecular complexity index is 1160. The zero-order valence-corrected chi connectivity index (χ0v) is 18.1. The molecule has 8 heteroatoms. The van der Waals surface area contributed by atoms with Crippen molar-refractivity contribution in [3.63, 3.8) is 0 Å². The molecular formula is C24H23ClFN3O3. The highest BCUT2D eigenvalue weighted by molar-refractivity contribution is 6.35. The molecule has 1 aromatic heterocycles. The Morgan fingerprint density at radius 2 is 1.88 bits per heavy atom. The summed E-state index contributed by atoms with van der Waals surface area (Å²) in [5.41, 5.74) is 1.50. The van der Waals surface area contributed by atoms with Crippen LogP contribution >= 0.6 is 11.6 Å². The molecule has 2 aromatic carbocycles. The average Bonchev–Trinajstić information content (AvgIpc) is 2.80. The van der Waals surface area contributed by atoms with E-state index >= 15 is 0 Å². The molecular weight excluding hydrogens is 433 g/mol. The molecule has 0 atom stereocenters. The van der Waals surface area contributed by atoms with Crippen LogP contribution in [0.25, 0.3) is 10.9 Å². The third kappa shape index (κ3) is 4.67. The second kappa shape index (κ2) is 9.53. The zero-order chi connectivity index (χ0) is 22.7. The maximum absolute atomic E-state index is 13.8. The summed E-state index contributed by atoms with van der Waals surface area (Å²) in [6, 6.07) is 13.5. The van der Waals surface area contributed by atoms with Crippen LogP contribution in [0.5, 0.6) is 0 Å². The first-order valence-electron chi connectivity index (χ1n) is 10.5. The zero-order valence-electron chi connectivity index (χ0n) is 17.4. The molecule has 6 nitrogen and oxygen atoms in total. The van der Waals surface area contributed by atoms with Gasteiger partial charge in [0.05, 0.1) is 22.0 Å². The molecule has 2 heterocycles. The fraction of sp³-hybridized carbons (Fsp3) is 0.292. The molecule has 0 unspecified atom stereocenters. The topological polar surface area (TPSA) is 82.5 Å². The highest BCUT2D eigenvalue weighted by Gasteiger charge is 2.25. The first-order chi connectivity index (χ1) is 15.4. The first kappa shape index (κ1) is 22.0. The van der Waals surface area contributed by atoms with Crippen molar-refractivity contribution in [1.82, 2.24) is 10.3 Å². The highest BCUT2D eigenvalue weighted by atomic mass is 35.5. The van der Waals surface area contributed by atoms with E-state index in [0.29, 0.717) is 59.4 Å². The van der Waals surface area contributed by atoms with Crippen molar-refractivity contribution in [2.45, 2.75) is 19.3 Å². The quantitative estimate of drug-likeness (QED) is 0.579. The normalized spacial score (nSPS) is 14.5. The van der Waals surface area contributed by atoms with Crippen LogP contribution in [0.15, 0.2) is 48.5 Å². The smallest absolute Gasteiger partial charge is 0.306 e. The minimum Gasteiger partial charge on any atom is -0.481 e. The maximum Gasteiger partial charge on any atom is 0.306 e. The number of hydrogen-bond acceptors (Lipinski definition) is 4. The van der Waals surface area contributed by atoms with Gasteiger partial charge in [0.2, 0.25) is 0 Å². The van der Waals surface area contributed by atoms with E-state index in [4.69, 9.17) is 11.6 Å². The van der Waals surface area contributed by atoms with Gasteiger partial charge >= 0.3 is 5.97 Å². The minimum absolute atomic E-state index is 0.274. The predicted octanol–water partition coefficient (Wildman–Crippen LogP) is 4.30. The molecule has 0 bridgehead atoms. The third-order valence-corrected chi connectivity index (χ3v) is 6.15. The molecule has 0 spiro atoms. The van der Waals surface area contributed by atoms with E-state index in [0.717, 1.165) is 5.82 Å². The number of benzene rings is 2. The number of carbonyl (C=O) groups is 2. The molecule has 1 saturated heterocycles. The molecule has 2 N–H and O–H groups in total. The summed E-state index contributed by atoms with van der Waals surface area (Å²) >= 11 is 6.34. The number of anilines is 1. The summed E-state index contributed by atoms with van der Waals surface area (Å²) in [7, 11) is 0. The van der Waals surface area contributed by atoms with Crippen molar-refractivity contribution in [2.75, 3.05) is 24.5 Å². The largest absolute Gasteiger partial charge is 0.481 e. The Morgan fingerprint density at radius 3 is 2.59 bits per heavy atom. The fourth-order valence-corrected chi connectivity index (χ4v) is 4.28. The van der Waals surface area contributed by atoms with Crippen LogP contribution < -0.4 is 10.2 Å². The summed E-state index contributed by atoms with van der Waals surface area (Å²) < 4.78 is 13.8. The number of halogens is 2. The summed E-state index contributed by atoms with van der Waals surface area (Å²) in [5.74, 6) is -0.959. The van der Waals surface area contributed by atoms with Gasteiger partial charge in [0.1, 0.15) is 11.6 Å². The molecule has 166 valence electrons. The molecule has 1 fully saturated rings. The molecule has 0 aliphatic carbocycles. The van der Waals surface area contributed by atoms with Crippen LogP contribution in [0.4, 0.5) is 10.2 Å². The standard InChI is InChI=1S/C24H23ClFN3O3/c25-18-6-7-20-17(5-8-21(28-20)29-13-10-16(11-14-29)24(31)32)22(18)23(30)27-12-9-15-3-1-2-4-19(15)26/h1-8,16H,9-14H2,(H,27,30)(H,31,32). The fourth-order valence-electron chi connectivity index (χ4n) is 4.03. The van der Waals surface area contributed by atoms with E-state index in [9.17, 15) is 19.1 Å². The number of carboxylic acids is 1. The molecule has 1 aliphatic heterocycles. The average molecular weight is 456 g/mol. The number of aliphatic carboxylic acids is 1. The van der Waals surface area contributed by atoms with E-state index < -0.39 is 5.97 Å². The Morgan fingerprint density at radius 1 is 1.12 bits per heavy atom. The number of nitrogens with zero attached hydrogens (tertiary/aromatic N) is 2. The predicted molar refractivity (Wildman–Crippen MR) is 122 cm³/mol. The number of carbonyl (C=O) groups excluding carboxylic acids is 1. The van der Waals surface area contributed by atoms with Gasteiger partial charge in [-0.1, -0.05) is 29.8 Å². The van der Waals surface area contributed by atoms with Crippen molar-refractivity contribution < 1.29 is 19.1 Å². The van der Waals surface area contributed by atoms with E-state index in [2.05, 4.69) is 15.2 Å². The van der Waals surface area contributed by atoms with Crippen molar-refractivity contribution >= 4 is 40.2 Å². The van der Waals surface area contributed by atoms with Gasteiger partial charge in [-0.2, -0.15) is 0 Å². The van der Waals surface area contributed by atoms with Gasteiger partial charge in [0.25, 0.3) is 5.91 Å². The van der Waals surface area contributed by atoms with E-state index in [1.807, 2.05) is 12.1 Å². The van der Waals surface area contributed by atoms with Crippen molar-refractivity contribution in [2.24, 2.45) is 5.92 Å². The van der Waals surface area contributed by atoms with Gasteiger partial charge < -0.3 is 15.3 Å². The first-order valence-corrected chi connectivity index (χ1v) is 10.9. The van der Waals surface area contributed by atoms with Gasteiger partial charge in [0.15, 0.2) is 0 Å². The van der Waals surface area contributed by atoms with E-state index in [1.54, 1.807) is 30.3 Å². The summed E-state index contributed by atoms with van der Waals surface area (Å²) in [6.45, 7) is 1.51. The molecule has 0 saturated carbocycles. The Labute approximate surface area is 190 Å². The molecule has 1 amide bonds. The van der Waals surface area contributed by atoms with Gasteiger partial charge in [-0.05, 0) is 55.2 Å². The number of amides is 1. The number of pyridine rings is 1. The number of nitrogens with one attached hydrogen (secondary N) is 1.